The first-order valence-electron chi connectivity index (χ1n) is 6.03. The van der Waals surface area contributed by atoms with E-state index in [4.69, 9.17) is 4.74 Å². The van der Waals surface area contributed by atoms with E-state index in [-0.39, 0.29) is 5.91 Å². The second kappa shape index (κ2) is 7.56. The van der Waals surface area contributed by atoms with Crippen molar-refractivity contribution in [2.45, 2.75) is 0 Å². The first-order valence-corrected chi connectivity index (χ1v) is 7.90. The van der Waals surface area contributed by atoms with Crippen LogP contribution in [0.25, 0.3) is 0 Å². The third-order valence-corrected chi connectivity index (χ3v) is 4.11. The molecule has 2 aromatic rings. The third-order valence-electron chi connectivity index (χ3n) is 2.68. The number of hydrazone groups is 1. The van der Waals surface area contributed by atoms with Crippen LogP contribution >= 0.6 is 38.5 Å². The average Bonchev–Trinajstić information content (AvgIpc) is 2.48. The van der Waals surface area contributed by atoms with E-state index in [0.717, 1.165) is 13.6 Å². The molecule has 0 saturated carbocycles. The monoisotopic (exact) mass is 458 g/mol. The maximum Gasteiger partial charge on any atom is 0.272 e. The smallest absolute Gasteiger partial charge is 0.272 e. The van der Waals surface area contributed by atoms with Gasteiger partial charge >= 0.3 is 0 Å². The van der Waals surface area contributed by atoms with E-state index in [1.807, 2.05) is 36.4 Å². The highest BCUT2D eigenvalue weighted by Crippen LogP contribution is 2.21. The van der Waals surface area contributed by atoms with Crippen LogP contribution in [0.1, 0.15) is 15.9 Å². The Balaban J connectivity index is 2.11. The van der Waals surface area contributed by atoms with Crippen LogP contribution < -0.4 is 10.2 Å². The summed E-state index contributed by atoms with van der Waals surface area (Å²) in [7, 11) is 1.59. The summed E-state index contributed by atoms with van der Waals surface area (Å²) in [5, 5.41) is 3.98. The molecule has 1 amide bonds. The van der Waals surface area contributed by atoms with Crippen molar-refractivity contribution in [1.82, 2.24) is 5.43 Å². The van der Waals surface area contributed by atoms with Gasteiger partial charge in [0.25, 0.3) is 5.91 Å². The number of rotatable bonds is 4. The standard InChI is InChI=1S/C15H12BrIN2O2/c1-21-14-7-6-11(16)8-10(14)9-18-19-15(20)12-4-2-3-5-13(12)17/h2-9H,1H3,(H,19,20)/b18-9+. The Kier molecular flexibility index (Phi) is 5.75. The number of methoxy groups -OCH3 is 1. The molecular weight excluding hydrogens is 447 g/mol. The summed E-state index contributed by atoms with van der Waals surface area (Å²) < 4.78 is 7.02. The zero-order valence-corrected chi connectivity index (χ0v) is 14.9. The molecule has 4 nitrogen and oxygen atoms in total. The number of ether oxygens (including phenoxy) is 1. The minimum absolute atomic E-state index is 0.245. The lowest BCUT2D eigenvalue weighted by molar-refractivity contribution is 0.0954. The van der Waals surface area contributed by atoms with Gasteiger partial charge in [0.15, 0.2) is 0 Å². The summed E-state index contributed by atoms with van der Waals surface area (Å²) in [6.07, 6.45) is 1.55. The fourth-order valence-electron chi connectivity index (χ4n) is 1.67. The summed E-state index contributed by atoms with van der Waals surface area (Å²) >= 11 is 5.50. The molecule has 0 aliphatic carbocycles. The number of nitrogens with one attached hydrogen (secondary N) is 1. The number of hydrogen-bond donors (Lipinski definition) is 1. The van der Waals surface area contributed by atoms with Crippen LogP contribution in [0.2, 0.25) is 0 Å². The Morgan fingerprint density at radius 3 is 2.81 bits per heavy atom. The number of carbonyl (C=O) groups excluding carboxylic acids is 1. The largest absolute Gasteiger partial charge is 0.496 e. The molecule has 2 rings (SSSR count). The van der Waals surface area contributed by atoms with Crippen molar-refractivity contribution in [3.05, 3.63) is 61.6 Å². The van der Waals surface area contributed by atoms with Gasteiger partial charge in [-0.3, -0.25) is 4.79 Å². The highest BCUT2D eigenvalue weighted by Gasteiger charge is 2.07. The zero-order chi connectivity index (χ0) is 15.2. The van der Waals surface area contributed by atoms with E-state index in [2.05, 4.69) is 49.0 Å². The predicted octanol–water partition coefficient (Wildman–Crippen LogP) is 3.83. The van der Waals surface area contributed by atoms with Crippen molar-refractivity contribution in [3.8, 4) is 5.75 Å². The van der Waals surface area contributed by atoms with Crippen LogP contribution in [0.5, 0.6) is 5.75 Å². The molecule has 0 bridgehead atoms. The molecule has 0 saturated heterocycles. The van der Waals surface area contributed by atoms with Crippen LogP contribution in [-0.2, 0) is 0 Å². The van der Waals surface area contributed by atoms with Crippen molar-refractivity contribution in [2.75, 3.05) is 7.11 Å². The molecule has 21 heavy (non-hydrogen) atoms. The second-order valence-corrected chi connectivity index (χ2v) is 6.14. The van der Waals surface area contributed by atoms with Gasteiger partial charge in [-0.05, 0) is 52.9 Å². The lowest BCUT2D eigenvalue weighted by Gasteiger charge is -2.05. The van der Waals surface area contributed by atoms with Crippen molar-refractivity contribution in [2.24, 2.45) is 5.10 Å². The fraction of sp³-hybridized carbons (Fsp3) is 0.0667. The number of benzene rings is 2. The summed E-state index contributed by atoms with van der Waals surface area (Å²) in [5.41, 5.74) is 3.88. The van der Waals surface area contributed by atoms with Gasteiger partial charge in [0.05, 0.1) is 18.9 Å². The van der Waals surface area contributed by atoms with E-state index in [9.17, 15) is 4.79 Å². The number of carbonyl (C=O) groups is 1. The topological polar surface area (TPSA) is 50.7 Å². The normalized spacial score (nSPS) is 10.6. The first-order chi connectivity index (χ1) is 10.1. The molecular formula is C15H12BrIN2O2. The molecule has 6 heteroatoms. The molecule has 0 radical (unpaired) electrons. The van der Waals surface area contributed by atoms with Crippen LogP contribution in [-0.4, -0.2) is 19.2 Å². The predicted molar refractivity (Wildman–Crippen MR) is 94.9 cm³/mol. The molecule has 0 aliphatic rings. The fourth-order valence-corrected chi connectivity index (χ4v) is 2.68. The Morgan fingerprint density at radius 1 is 1.33 bits per heavy atom. The van der Waals surface area contributed by atoms with Gasteiger partial charge in [-0.1, -0.05) is 28.1 Å². The minimum Gasteiger partial charge on any atom is -0.496 e. The second-order valence-electron chi connectivity index (χ2n) is 4.07. The summed E-state index contributed by atoms with van der Waals surface area (Å²) in [5.74, 6) is 0.440. The summed E-state index contributed by atoms with van der Waals surface area (Å²) in [4.78, 5) is 12.0. The lowest BCUT2D eigenvalue weighted by Crippen LogP contribution is -2.18. The Morgan fingerprint density at radius 2 is 2.10 bits per heavy atom. The SMILES string of the molecule is COc1ccc(Br)cc1/C=N/NC(=O)c1ccccc1I. The molecule has 0 unspecified atom stereocenters. The summed E-state index contributed by atoms with van der Waals surface area (Å²) in [6.45, 7) is 0. The van der Waals surface area contributed by atoms with Crippen LogP contribution in [0.15, 0.2) is 52.0 Å². The third kappa shape index (κ3) is 4.28. The molecule has 1 N–H and O–H groups in total. The molecule has 0 atom stereocenters. The first kappa shape index (κ1) is 16.0. The molecule has 0 heterocycles. The number of halogens is 2. The van der Waals surface area contributed by atoms with Crippen molar-refractivity contribution >= 4 is 50.6 Å². The molecule has 0 fully saturated rings. The van der Waals surface area contributed by atoms with Gasteiger partial charge in [0.1, 0.15) is 5.75 Å². The van der Waals surface area contributed by atoms with Gasteiger partial charge in [-0.15, -0.1) is 0 Å². The van der Waals surface area contributed by atoms with Crippen molar-refractivity contribution in [3.63, 3.8) is 0 Å². The molecule has 0 aliphatic heterocycles. The highest BCUT2D eigenvalue weighted by atomic mass is 127. The van der Waals surface area contributed by atoms with Crippen molar-refractivity contribution < 1.29 is 9.53 Å². The molecule has 0 aromatic heterocycles. The van der Waals surface area contributed by atoms with Gasteiger partial charge in [0, 0.05) is 13.6 Å². The van der Waals surface area contributed by atoms with E-state index < -0.39 is 0 Å². The van der Waals surface area contributed by atoms with E-state index in [0.29, 0.717) is 11.3 Å². The van der Waals surface area contributed by atoms with Crippen LogP contribution in [0.3, 0.4) is 0 Å². The Labute approximate surface area is 144 Å². The lowest BCUT2D eigenvalue weighted by atomic mass is 10.2. The maximum absolute atomic E-state index is 12.0. The zero-order valence-electron chi connectivity index (χ0n) is 11.1. The maximum atomic E-state index is 12.0. The van der Waals surface area contributed by atoms with Gasteiger partial charge in [-0.25, -0.2) is 5.43 Å². The van der Waals surface area contributed by atoms with Gasteiger partial charge < -0.3 is 4.74 Å². The number of hydrogen-bond acceptors (Lipinski definition) is 3. The van der Waals surface area contributed by atoms with Crippen LogP contribution in [0.4, 0.5) is 0 Å². The quantitative estimate of drug-likeness (QED) is 0.430. The Hall–Kier alpha value is -1.41. The summed E-state index contributed by atoms with van der Waals surface area (Å²) in [6, 6.07) is 12.9. The molecule has 0 spiro atoms. The minimum atomic E-state index is -0.245. The average molecular weight is 459 g/mol. The van der Waals surface area contributed by atoms with E-state index in [1.165, 1.54) is 0 Å². The van der Waals surface area contributed by atoms with Gasteiger partial charge in [0.2, 0.25) is 0 Å². The molecule has 108 valence electrons. The number of nitrogens with zero attached hydrogens (tertiary/aromatic N) is 1. The van der Waals surface area contributed by atoms with Crippen LogP contribution in [0, 0.1) is 3.57 Å². The Bertz CT molecular complexity index is 689. The van der Waals surface area contributed by atoms with Crippen molar-refractivity contribution in [1.29, 1.82) is 0 Å². The van der Waals surface area contributed by atoms with Gasteiger partial charge in [-0.2, -0.15) is 5.10 Å². The van der Waals surface area contributed by atoms with E-state index in [1.54, 1.807) is 19.4 Å². The number of amides is 1. The highest BCUT2D eigenvalue weighted by molar-refractivity contribution is 14.1. The van der Waals surface area contributed by atoms with E-state index >= 15 is 0 Å². The molecule has 2 aromatic carbocycles.